The van der Waals surface area contributed by atoms with Crippen LogP contribution in [0.3, 0.4) is 0 Å². The van der Waals surface area contributed by atoms with E-state index in [-0.39, 0.29) is 11.8 Å². The lowest BCUT2D eigenvalue weighted by Gasteiger charge is -2.26. The van der Waals surface area contributed by atoms with E-state index >= 15 is 0 Å². The molecule has 2 aliphatic heterocycles. The zero-order chi connectivity index (χ0) is 20.5. The van der Waals surface area contributed by atoms with Crippen LogP contribution in [-0.4, -0.2) is 39.0 Å². The predicted molar refractivity (Wildman–Crippen MR) is 116 cm³/mol. The van der Waals surface area contributed by atoms with Gasteiger partial charge in [-0.3, -0.25) is 14.6 Å². The van der Waals surface area contributed by atoms with Gasteiger partial charge in [0, 0.05) is 12.1 Å². The molecule has 148 valence electrons. The molecule has 0 saturated heterocycles. The highest BCUT2D eigenvalue weighted by molar-refractivity contribution is 8.15. The molecule has 0 saturated carbocycles. The Bertz CT molecular complexity index is 1030. The summed E-state index contributed by atoms with van der Waals surface area (Å²) < 4.78 is 0. The van der Waals surface area contributed by atoms with Crippen molar-refractivity contribution in [3.8, 4) is 0 Å². The van der Waals surface area contributed by atoms with Crippen LogP contribution in [0.15, 0.2) is 58.5 Å². The maximum atomic E-state index is 12.7. The third kappa shape index (κ3) is 3.82. The number of amidine groups is 2. The number of hydrogen-bond donors (Lipinski definition) is 1. The van der Waals surface area contributed by atoms with Crippen molar-refractivity contribution >= 4 is 40.3 Å². The van der Waals surface area contributed by atoms with E-state index in [4.69, 9.17) is 0 Å². The van der Waals surface area contributed by atoms with Crippen LogP contribution in [0.25, 0.3) is 0 Å². The molecule has 2 heterocycles. The van der Waals surface area contributed by atoms with E-state index in [1.54, 1.807) is 11.8 Å². The van der Waals surface area contributed by atoms with Gasteiger partial charge in [0.15, 0.2) is 5.17 Å². The molecule has 2 aliphatic rings. The molecule has 0 unspecified atom stereocenters. The fraction of sp³-hybridized carbons (Fsp3) is 0.273. The van der Waals surface area contributed by atoms with Crippen LogP contribution in [0.5, 0.6) is 0 Å². The lowest BCUT2D eigenvalue weighted by Crippen LogP contribution is -2.42. The number of carbonyl (C=O) groups is 2. The summed E-state index contributed by atoms with van der Waals surface area (Å²) in [5.74, 6) is 0.395. The number of aliphatic imine (C=N–C) groups is 2. The van der Waals surface area contributed by atoms with Crippen LogP contribution in [-0.2, 0) is 16.1 Å². The van der Waals surface area contributed by atoms with E-state index in [2.05, 4.69) is 15.3 Å². The van der Waals surface area contributed by atoms with Crippen LogP contribution in [0.2, 0.25) is 0 Å². The molecule has 0 aliphatic carbocycles. The first-order valence-electron chi connectivity index (χ1n) is 9.54. The highest BCUT2D eigenvalue weighted by atomic mass is 32.2. The first-order valence-corrected chi connectivity index (χ1v) is 10.4. The molecule has 1 N–H and O–H groups in total. The molecule has 2 aromatic carbocycles. The van der Waals surface area contributed by atoms with E-state index in [0.717, 1.165) is 16.8 Å². The summed E-state index contributed by atoms with van der Waals surface area (Å²) in [7, 11) is 0. The number of rotatable bonds is 4. The van der Waals surface area contributed by atoms with Crippen LogP contribution in [0, 0.1) is 6.92 Å². The van der Waals surface area contributed by atoms with Crippen LogP contribution >= 0.6 is 11.8 Å². The Hall–Kier alpha value is -2.93. The molecule has 7 heteroatoms. The van der Waals surface area contributed by atoms with Crippen molar-refractivity contribution < 1.29 is 9.59 Å². The van der Waals surface area contributed by atoms with Gasteiger partial charge >= 0.3 is 0 Å². The zero-order valence-electron chi connectivity index (χ0n) is 16.5. The summed E-state index contributed by atoms with van der Waals surface area (Å²) in [6, 6.07) is 15.2. The smallest absolute Gasteiger partial charge is 0.258 e. The number of thioether (sulfide) groups is 1. The molecule has 2 aromatic rings. The fourth-order valence-electron chi connectivity index (χ4n) is 3.21. The highest BCUT2D eigenvalue weighted by Crippen LogP contribution is 2.34. The van der Waals surface area contributed by atoms with Crippen molar-refractivity contribution in [3.63, 3.8) is 0 Å². The normalized spacial score (nSPS) is 18.5. The molecule has 6 nitrogen and oxygen atoms in total. The minimum Gasteiger partial charge on any atom is -0.351 e. The summed E-state index contributed by atoms with van der Waals surface area (Å²) in [4.78, 5) is 36.0. The Balaban J connectivity index is 1.49. The Morgan fingerprint density at radius 1 is 1.21 bits per heavy atom. The molecule has 0 aromatic heterocycles. The molecule has 0 bridgehead atoms. The van der Waals surface area contributed by atoms with Gasteiger partial charge in [0.05, 0.1) is 10.9 Å². The average Bonchev–Trinajstić information content (AvgIpc) is 3.02. The van der Waals surface area contributed by atoms with Gasteiger partial charge in [-0.05, 0) is 38.5 Å². The molecule has 4 rings (SSSR count). The third-order valence-corrected chi connectivity index (χ3v) is 5.95. The summed E-state index contributed by atoms with van der Waals surface area (Å²) in [6.07, 6.45) is 0. The molecule has 0 radical (unpaired) electrons. The number of hydrogen-bond acceptors (Lipinski definition) is 5. The maximum Gasteiger partial charge on any atom is 0.258 e. The van der Waals surface area contributed by atoms with Gasteiger partial charge in [-0.25, -0.2) is 9.89 Å². The van der Waals surface area contributed by atoms with Crippen molar-refractivity contribution in [3.05, 3.63) is 65.2 Å². The second kappa shape index (κ2) is 7.83. The molecule has 0 spiro atoms. The molecule has 29 heavy (non-hydrogen) atoms. The first-order chi connectivity index (χ1) is 13.9. The van der Waals surface area contributed by atoms with Gasteiger partial charge in [0.25, 0.3) is 5.91 Å². The second-order valence-corrected chi connectivity index (χ2v) is 8.49. The van der Waals surface area contributed by atoms with E-state index < -0.39 is 11.3 Å². The molecule has 0 fully saturated rings. The zero-order valence-corrected chi connectivity index (χ0v) is 17.4. The van der Waals surface area contributed by atoms with Crippen molar-refractivity contribution in [2.75, 3.05) is 0 Å². The summed E-state index contributed by atoms with van der Waals surface area (Å²) >= 11 is 1.27. The van der Waals surface area contributed by atoms with Gasteiger partial charge < -0.3 is 5.32 Å². The third-order valence-electron chi connectivity index (χ3n) is 4.90. The fourth-order valence-corrected chi connectivity index (χ4v) is 4.14. The van der Waals surface area contributed by atoms with Gasteiger partial charge in [-0.2, -0.15) is 0 Å². The van der Waals surface area contributed by atoms with Gasteiger partial charge in [-0.1, -0.05) is 53.7 Å². The Morgan fingerprint density at radius 3 is 2.69 bits per heavy atom. The van der Waals surface area contributed by atoms with Gasteiger partial charge in [-0.15, -0.1) is 0 Å². The van der Waals surface area contributed by atoms with Crippen molar-refractivity contribution in [2.45, 2.75) is 38.6 Å². The second-order valence-electron chi connectivity index (χ2n) is 7.18. The number of nitrogens with one attached hydrogen (secondary N) is 1. The van der Waals surface area contributed by atoms with Crippen molar-refractivity contribution in [1.29, 1.82) is 0 Å². The average molecular weight is 407 g/mol. The molecule has 2 amide bonds. The van der Waals surface area contributed by atoms with Crippen LogP contribution in [0.4, 0.5) is 5.69 Å². The maximum absolute atomic E-state index is 12.7. The van der Waals surface area contributed by atoms with Crippen molar-refractivity contribution in [1.82, 2.24) is 10.2 Å². The lowest BCUT2D eigenvalue weighted by atomic mass is 10.1. The quantitative estimate of drug-likeness (QED) is 0.846. The minimum atomic E-state index is -0.451. The van der Waals surface area contributed by atoms with Gasteiger partial charge in [0.1, 0.15) is 11.9 Å². The highest BCUT2D eigenvalue weighted by Gasteiger charge is 2.40. The van der Waals surface area contributed by atoms with Crippen molar-refractivity contribution in [2.24, 2.45) is 9.98 Å². The summed E-state index contributed by atoms with van der Waals surface area (Å²) in [5.41, 5.74) is 3.83. The number of amides is 2. The number of benzene rings is 2. The Labute approximate surface area is 174 Å². The lowest BCUT2D eigenvalue weighted by molar-refractivity contribution is -0.124. The molecular weight excluding hydrogens is 384 g/mol. The molecule has 2 atom stereocenters. The SMILES string of the molecule is Cc1ccc(CNC(=O)[C@H](C)SC2=Nc3ccccc3C3=N[C@H](C)C(=O)N23)cc1. The topological polar surface area (TPSA) is 74.1 Å². The largest absolute Gasteiger partial charge is 0.351 e. The number of aryl methyl sites for hydroxylation is 1. The standard InChI is InChI=1S/C22H22N4O2S/c1-13-8-10-16(11-9-13)12-23-20(27)15(3)29-22-25-18-7-5-4-6-17(18)19-24-14(2)21(28)26(19)22/h4-11,14-15H,12H2,1-3H3,(H,23,27)/t14-,15+/m1/s1. The molecular formula is C22H22N4O2S. The van der Waals surface area contributed by atoms with E-state index in [0.29, 0.717) is 17.5 Å². The summed E-state index contributed by atoms with van der Waals surface area (Å²) in [5, 5.41) is 3.05. The number of nitrogens with zero attached hydrogens (tertiary/aromatic N) is 3. The van der Waals surface area contributed by atoms with Crippen LogP contribution in [0.1, 0.15) is 30.5 Å². The van der Waals surface area contributed by atoms with Gasteiger partial charge in [0.2, 0.25) is 5.91 Å². The minimum absolute atomic E-state index is 0.102. The number of fused-ring (bicyclic) bond motifs is 3. The predicted octanol–water partition coefficient (Wildman–Crippen LogP) is 3.41. The van der Waals surface area contributed by atoms with Crippen LogP contribution < -0.4 is 5.32 Å². The monoisotopic (exact) mass is 406 g/mol. The van der Waals surface area contributed by atoms with E-state index in [9.17, 15) is 9.59 Å². The summed E-state index contributed by atoms with van der Waals surface area (Å²) in [6.45, 7) is 6.09. The van der Waals surface area contributed by atoms with E-state index in [1.807, 2.05) is 62.4 Å². The Morgan fingerprint density at radius 2 is 1.93 bits per heavy atom. The Kier molecular flexibility index (Phi) is 5.24. The number of carbonyl (C=O) groups excluding carboxylic acids is 2. The number of para-hydroxylation sites is 1. The first kappa shape index (κ1) is 19.4. The van der Waals surface area contributed by atoms with E-state index in [1.165, 1.54) is 17.3 Å².